The average molecular weight is 511 g/mol. The average Bonchev–Trinajstić information content (AvgIpc) is 2.75. The van der Waals surface area contributed by atoms with Crippen molar-refractivity contribution in [3.05, 3.63) is 53.1 Å². The predicted molar refractivity (Wildman–Crippen MR) is 127 cm³/mol. The highest BCUT2D eigenvalue weighted by Crippen LogP contribution is 2.39. The smallest absolute Gasteiger partial charge is 0.203 e. The molecule has 0 unspecified atom stereocenters. The Morgan fingerprint density at radius 3 is 2.38 bits per heavy atom. The quantitative estimate of drug-likeness (QED) is 0.366. The first-order chi connectivity index (χ1) is 13.7. The highest BCUT2D eigenvalue weighted by Gasteiger charge is 2.19. The van der Waals surface area contributed by atoms with Crippen molar-refractivity contribution in [2.45, 2.75) is 19.4 Å². The lowest BCUT2D eigenvalue weighted by atomic mass is 10.0. The second kappa shape index (κ2) is 11.1. The van der Waals surface area contributed by atoms with Gasteiger partial charge in [-0.2, -0.15) is 0 Å². The topological polar surface area (TPSA) is 55.3 Å². The molecule has 29 heavy (non-hydrogen) atoms. The first-order valence-corrected chi connectivity index (χ1v) is 9.52. The number of nitrogens with one attached hydrogen (secondary N) is 1. The van der Waals surface area contributed by atoms with E-state index < -0.39 is 0 Å². The van der Waals surface area contributed by atoms with E-state index in [9.17, 15) is 0 Å². The maximum atomic E-state index is 5.58. The molecule has 0 fully saturated rings. The number of fused-ring (bicyclic) bond motifs is 1. The Morgan fingerprint density at radius 2 is 1.72 bits per heavy atom. The fourth-order valence-corrected chi connectivity index (χ4v) is 3.68. The molecule has 1 heterocycles. The maximum Gasteiger partial charge on any atom is 0.203 e. The number of nitrogens with zero attached hydrogens (tertiary/aromatic N) is 2. The van der Waals surface area contributed by atoms with Crippen molar-refractivity contribution in [2.24, 2.45) is 4.99 Å². The van der Waals surface area contributed by atoms with Crippen LogP contribution in [0, 0.1) is 0 Å². The summed E-state index contributed by atoms with van der Waals surface area (Å²) in [5.74, 6) is 2.93. The second-order valence-electron chi connectivity index (χ2n) is 6.66. The normalized spacial score (nSPS) is 13.2. The highest BCUT2D eigenvalue weighted by molar-refractivity contribution is 14.0. The SMILES string of the molecule is CN=C(NCCc1ccc(OC)c(OC)c1OC)N1CCc2ccccc2C1.I. The van der Waals surface area contributed by atoms with Crippen LogP contribution in [0.2, 0.25) is 0 Å². The molecule has 6 nitrogen and oxygen atoms in total. The van der Waals surface area contributed by atoms with Gasteiger partial charge < -0.3 is 24.4 Å². The Morgan fingerprint density at radius 1 is 1.00 bits per heavy atom. The molecule has 0 spiro atoms. The molecule has 1 aliphatic heterocycles. The van der Waals surface area contributed by atoms with Gasteiger partial charge in [0, 0.05) is 32.2 Å². The number of hydrogen-bond acceptors (Lipinski definition) is 4. The summed E-state index contributed by atoms with van der Waals surface area (Å²) in [7, 11) is 6.73. The standard InChI is InChI=1S/C22H29N3O3.HI/c1-23-22(25-14-12-16-7-5-6-8-18(16)15-25)24-13-11-17-9-10-19(26-2)21(28-4)20(17)27-3;/h5-10H,11-15H2,1-4H3,(H,23,24);1H. The van der Waals surface area contributed by atoms with E-state index in [2.05, 4.69) is 39.5 Å². The first-order valence-electron chi connectivity index (χ1n) is 9.52. The lowest BCUT2D eigenvalue weighted by Crippen LogP contribution is -2.44. The van der Waals surface area contributed by atoms with Crippen LogP contribution in [0.1, 0.15) is 16.7 Å². The third-order valence-corrected chi connectivity index (χ3v) is 5.11. The minimum absolute atomic E-state index is 0. The summed E-state index contributed by atoms with van der Waals surface area (Å²) in [6.07, 6.45) is 1.83. The summed E-state index contributed by atoms with van der Waals surface area (Å²) in [5.41, 5.74) is 3.87. The van der Waals surface area contributed by atoms with Crippen LogP contribution in [0.25, 0.3) is 0 Å². The molecule has 2 aromatic rings. The van der Waals surface area contributed by atoms with Crippen LogP contribution in [0.5, 0.6) is 17.2 Å². The second-order valence-corrected chi connectivity index (χ2v) is 6.66. The van der Waals surface area contributed by atoms with Crippen LogP contribution in [0.4, 0.5) is 0 Å². The largest absolute Gasteiger partial charge is 0.493 e. The van der Waals surface area contributed by atoms with Gasteiger partial charge in [0.1, 0.15) is 0 Å². The molecule has 0 aliphatic carbocycles. The summed E-state index contributed by atoms with van der Waals surface area (Å²) >= 11 is 0. The molecule has 2 aromatic carbocycles. The maximum absolute atomic E-state index is 5.58. The van der Waals surface area contributed by atoms with Crippen LogP contribution < -0.4 is 19.5 Å². The van der Waals surface area contributed by atoms with E-state index in [4.69, 9.17) is 14.2 Å². The molecule has 3 rings (SSSR count). The zero-order chi connectivity index (χ0) is 19.9. The van der Waals surface area contributed by atoms with Gasteiger partial charge in [-0.3, -0.25) is 4.99 Å². The zero-order valence-electron chi connectivity index (χ0n) is 17.5. The van der Waals surface area contributed by atoms with Crippen LogP contribution >= 0.6 is 24.0 Å². The number of rotatable bonds is 6. The Bertz CT molecular complexity index is 842. The highest BCUT2D eigenvalue weighted by atomic mass is 127. The molecule has 0 bridgehead atoms. The number of ether oxygens (including phenoxy) is 3. The van der Waals surface area contributed by atoms with Gasteiger partial charge in [0.05, 0.1) is 21.3 Å². The van der Waals surface area contributed by atoms with Gasteiger partial charge in [-0.25, -0.2) is 0 Å². The molecule has 158 valence electrons. The fraction of sp³-hybridized carbons (Fsp3) is 0.409. The summed E-state index contributed by atoms with van der Waals surface area (Å²) in [6.45, 7) is 2.60. The van der Waals surface area contributed by atoms with Crippen LogP contribution in [-0.4, -0.2) is 52.3 Å². The van der Waals surface area contributed by atoms with Crippen molar-refractivity contribution >= 4 is 29.9 Å². The minimum atomic E-state index is 0. The van der Waals surface area contributed by atoms with Crippen molar-refractivity contribution in [2.75, 3.05) is 41.5 Å². The Kier molecular flexibility index (Phi) is 8.88. The van der Waals surface area contributed by atoms with Crippen LogP contribution in [0.3, 0.4) is 0 Å². The van der Waals surface area contributed by atoms with Gasteiger partial charge in [0.25, 0.3) is 0 Å². The van der Waals surface area contributed by atoms with Gasteiger partial charge in [-0.15, -0.1) is 24.0 Å². The minimum Gasteiger partial charge on any atom is -0.493 e. The van der Waals surface area contributed by atoms with E-state index in [-0.39, 0.29) is 24.0 Å². The monoisotopic (exact) mass is 511 g/mol. The Hall–Kier alpha value is -2.16. The summed E-state index contributed by atoms with van der Waals surface area (Å²) in [4.78, 5) is 6.77. The molecule has 1 N–H and O–H groups in total. The Balaban J connectivity index is 0.00000300. The van der Waals surface area contributed by atoms with E-state index >= 15 is 0 Å². The molecule has 0 saturated carbocycles. The number of hydrogen-bond donors (Lipinski definition) is 1. The van der Waals surface area contributed by atoms with Crippen molar-refractivity contribution in [3.8, 4) is 17.2 Å². The number of benzene rings is 2. The lowest BCUT2D eigenvalue weighted by molar-refractivity contribution is 0.322. The third-order valence-electron chi connectivity index (χ3n) is 5.11. The molecule has 7 heteroatoms. The van der Waals surface area contributed by atoms with Gasteiger partial charge in [-0.05, 0) is 30.0 Å². The van der Waals surface area contributed by atoms with Gasteiger partial charge in [0.2, 0.25) is 5.75 Å². The van der Waals surface area contributed by atoms with E-state index in [1.807, 2.05) is 19.2 Å². The van der Waals surface area contributed by atoms with E-state index in [0.717, 1.165) is 44.0 Å². The van der Waals surface area contributed by atoms with Crippen molar-refractivity contribution in [3.63, 3.8) is 0 Å². The van der Waals surface area contributed by atoms with Gasteiger partial charge in [-0.1, -0.05) is 30.3 Å². The lowest BCUT2D eigenvalue weighted by Gasteiger charge is -2.31. The van der Waals surface area contributed by atoms with Crippen molar-refractivity contribution in [1.82, 2.24) is 10.2 Å². The summed E-state index contributed by atoms with van der Waals surface area (Å²) < 4.78 is 16.4. The Labute approximate surface area is 190 Å². The molecular weight excluding hydrogens is 481 g/mol. The molecule has 1 aliphatic rings. The first kappa shape index (κ1) is 23.1. The number of methoxy groups -OCH3 is 3. The molecule has 0 amide bonds. The molecule has 0 atom stereocenters. The van der Waals surface area contributed by atoms with Gasteiger partial charge in [0.15, 0.2) is 17.5 Å². The summed E-state index contributed by atoms with van der Waals surface area (Å²) in [6, 6.07) is 12.5. The van der Waals surface area contributed by atoms with Crippen molar-refractivity contribution in [1.29, 1.82) is 0 Å². The van der Waals surface area contributed by atoms with Crippen LogP contribution in [-0.2, 0) is 19.4 Å². The number of guanidine groups is 1. The molecule has 0 aromatic heterocycles. The van der Waals surface area contributed by atoms with E-state index in [1.165, 1.54) is 11.1 Å². The number of aliphatic imine (C=N–C) groups is 1. The number of halogens is 1. The van der Waals surface area contributed by atoms with E-state index in [0.29, 0.717) is 17.2 Å². The predicted octanol–water partition coefficient (Wildman–Crippen LogP) is 3.51. The van der Waals surface area contributed by atoms with E-state index in [1.54, 1.807) is 21.3 Å². The summed E-state index contributed by atoms with van der Waals surface area (Å²) in [5, 5.41) is 3.48. The zero-order valence-corrected chi connectivity index (χ0v) is 19.9. The van der Waals surface area contributed by atoms with Crippen molar-refractivity contribution < 1.29 is 14.2 Å². The third kappa shape index (κ3) is 5.26. The van der Waals surface area contributed by atoms with Gasteiger partial charge >= 0.3 is 0 Å². The molecule has 0 radical (unpaired) electrons. The fourth-order valence-electron chi connectivity index (χ4n) is 3.68. The molecule has 0 saturated heterocycles. The van der Waals surface area contributed by atoms with Crippen LogP contribution in [0.15, 0.2) is 41.4 Å². The molecular formula is C22H30IN3O3.